The largest absolute Gasteiger partial charge is 0.299 e. The van der Waals surface area contributed by atoms with Gasteiger partial charge in [-0.05, 0) is 50.5 Å². The molecule has 1 aromatic rings. The van der Waals surface area contributed by atoms with E-state index in [2.05, 4.69) is 5.32 Å². The minimum Gasteiger partial charge on any atom is -0.299 e. The van der Waals surface area contributed by atoms with Crippen LogP contribution in [0.1, 0.15) is 67.5 Å². The van der Waals surface area contributed by atoms with E-state index in [1.165, 1.54) is 18.2 Å². The number of benzene rings is 1. The van der Waals surface area contributed by atoms with Crippen molar-refractivity contribution in [1.82, 2.24) is 5.32 Å². The Balaban J connectivity index is 3.08. The third-order valence-corrected chi connectivity index (χ3v) is 2.68. The van der Waals surface area contributed by atoms with Crippen molar-refractivity contribution >= 4 is 0 Å². The number of nitrogens with one attached hydrogen (secondary N) is 1. The molecule has 82 valence electrons. The zero-order valence-electron chi connectivity index (χ0n) is 20.4. The van der Waals surface area contributed by atoms with Gasteiger partial charge in [0.15, 0.2) is 0 Å². The van der Waals surface area contributed by atoms with Gasteiger partial charge in [0.25, 0.3) is 0 Å². The van der Waals surface area contributed by atoms with Gasteiger partial charge in [-0.3, -0.25) is 5.32 Å². The molecule has 1 N–H and O–H groups in total. The highest BCUT2D eigenvalue weighted by Crippen LogP contribution is 2.40. The van der Waals surface area contributed by atoms with Gasteiger partial charge in [-0.1, -0.05) is 25.1 Å². The van der Waals surface area contributed by atoms with Crippen molar-refractivity contribution in [3.8, 4) is 0 Å². The molecule has 0 amide bonds. The predicted octanol–water partition coefficient (Wildman–Crippen LogP) is 3.32. The van der Waals surface area contributed by atoms with Crippen LogP contribution in [0.2, 0.25) is 0 Å². The average molecular weight is 215 g/mol. The Hall–Kier alpha value is -0.820. The Morgan fingerprint density at radius 1 is 1.13 bits per heavy atom. The SMILES string of the molecule is [2H]C([2H])([2H])C1(C([2H])([2H])[2H])NC(C([2H])([2H])[2H])(C([2H])([2H])[2H])c2cc(CC)ccc21. The van der Waals surface area contributed by atoms with Crippen LogP contribution in [0.5, 0.6) is 0 Å². The van der Waals surface area contributed by atoms with Crippen LogP contribution in [0.25, 0.3) is 0 Å². The lowest BCUT2D eigenvalue weighted by atomic mass is 9.89. The topological polar surface area (TPSA) is 12.0 Å². The van der Waals surface area contributed by atoms with Crippen molar-refractivity contribution in [3.63, 3.8) is 0 Å². The average Bonchev–Trinajstić information content (AvgIpc) is 2.78. The molecule has 0 unspecified atom stereocenters. The molecule has 1 aromatic carbocycles. The fraction of sp³-hybridized carbons (Fsp3) is 0.571. The summed E-state index contributed by atoms with van der Waals surface area (Å²) in [5.41, 5.74) is -5.75. The highest BCUT2D eigenvalue weighted by molar-refractivity contribution is 5.45. The van der Waals surface area contributed by atoms with Gasteiger partial charge < -0.3 is 0 Å². The standard InChI is InChI=1S/C14H21N/c1-6-10-7-8-11-12(9-10)14(4,5)15-13(11,2)3/h7-9,15H,6H2,1-5H3/i2D3,3D3,4D3,5D3. The maximum atomic E-state index is 7.92. The lowest BCUT2D eigenvalue weighted by Gasteiger charge is -2.25. The molecule has 2 rings (SSSR count). The summed E-state index contributed by atoms with van der Waals surface area (Å²) in [5, 5.41) is 2.14. The highest BCUT2D eigenvalue weighted by atomic mass is 15.1. The normalized spacial score (nSPS) is 36.6. The number of aryl methyl sites for hydroxylation is 1. The van der Waals surface area contributed by atoms with E-state index in [1.54, 1.807) is 6.92 Å². The second-order valence-corrected chi connectivity index (χ2v) is 3.86. The van der Waals surface area contributed by atoms with E-state index < -0.39 is 38.5 Å². The van der Waals surface area contributed by atoms with Crippen molar-refractivity contribution in [1.29, 1.82) is 0 Å². The molecule has 0 spiro atoms. The minimum atomic E-state index is -3.24. The molecule has 0 atom stereocenters. The van der Waals surface area contributed by atoms with Gasteiger partial charge in [-0.25, -0.2) is 0 Å². The van der Waals surface area contributed by atoms with Gasteiger partial charge in [-0.2, -0.15) is 0 Å². The van der Waals surface area contributed by atoms with Gasteiger partial charge >= 0.3 is 0 Å². The zero-order valence-corrected chi connectivity index (χ0v) is 8.44. The van der Waals surface area contributed by atoms with Crippen LogP contribution in [0.4, 0.5) is 0 Å². The zero-order chi connectivity index (χ0) is 21.3. The van der Waals surface area contributed by atoms with Crippen LogP contribution in [-0.2, 0) is 17.5 Å². The van der Waals surface area contributed by atoms with Crippen LogP contribution in [0, 0.1) is 0 Å². The maximum Gasteiger partial charge on any atom is 0.0388 e. The molecule has 1 aliphatic rings. The van der Waals surface area contributed by atoms with Gasteiger partial charge in [0.1, 0.15) is 0 Å². The summed E-state index contributed by atoms with van der Waals surface area (Å²) >= 11 is 0. The van der Waals surface area contributed by atoms with E-state index >= 15 is 0 Å². The van der Waals surface area contributed by atoms with Crippen molar-refractivity contribution in [2.24, 2.45) is 0 Å². The summed E-state index contributed by atoms with van der Waals surface area (Å²) in [6, 6.07) is 4.00. The Morgan fingerprint density at radius 3 is 2.40 bits per heavy atom. The number of rotatable bonds is 1. The van der Waals surface area contributed by atoms with Crippen molar-refractivity contribution < 1.29 is 16.4 Å². The van der Waals surface area contributed by atoms with E-state index in [0.717, 1.165) is 0 Å². The molecule has 0 radical (unpaired) electrons. The molecule has 1 aliphatic heterocycles. The molecule has 0 fully saturated rings. The molecule has 0 aliphatic carbocycles. The summed E-state index contributed by atoms with van der Waals surface area (Å²) in [5.74, 6) is 0. The first kappa shape index (κ1) is 3.33. The van der Waals surface area contributed by atoms with Crippen LogP contribution < -0.4 is 5.32 Å². The summed E-state index contributed by atoms with van der Waals surface area (Å²) in [7, 11) is 0. The molecule has 1 heterocycles. The second-order valence-electron chi connectivity index (χ2n) is 3.86. The molecular formula is C14H21N. The third-order valence-electron chi connectivity index (χ3n) is 2.68. The quantitative estimate of drug-likeness (QED) is 0.758. The Morgan fingerprint density at radius 2 is 1.80 bits per heavy atom. The van der Waals surface area contributed by atoms with Gasteiger partial charge in [0.2, 0.25) is 0 Å². The number of hydrogen-bond donors (Lipinski definition) is 1. The number of fused-ring (bicyclic) bond motifs is 1. The first-order valence-corrected chi connectivity index (χ1v) is 4.80. The molecule has 1 heteroatoms. The molecule has 0 saturated heterocycles. The fourth-order valence-corrected chi connectivity index (χ4v) is 1.86. The molecule has 0 saturated carbocycles. The maximum absolute atomic E-state index is 7.92. The van der Waals surface area contributed by atoms with Crippen LogP contribution in [0.15, 0.2) is 18.2 Å². The van der Waals surface area contributed by atoms with Gasteiger partial charge in [0.05, 0.1) is 0 Å². The highest BCUT2D eigenvalue weighted by Gasteiger charge is 2.40. The molecular weight excluding hydrogens is 182 g/mol. The first-order chi connectivity index (χ1) is 11.9. The first-order valence-electron chi connectivity index (χ1n) is 10.8. The monoisotopic (exact) mass is 215 g/mol. The molecule has 0 bridgehead atoms. The summed E-state index contributed by atoms with van der Waals surface area (Å²) in [4.78, 5) is 0. The lowest BCUT2D eigenvalue weighted by molar-refractivity contribution is 0.319. The smallest absolute Gasteiger partial charge is 0.0388 e. The van der Waals surface area contributed by atoms with Gasteiger partial charge in [-0.15, -0.1) is 0 Å². The second kappa shape index (κ2) is 3.08. The molecule has 0 aromatic heterocycles. The van der Waals surface area contributed by atoms with Crippen LogP contribution >= 0.6 is 0 Å². The summed E-state index contributed by atoms with van der Waals surface area (Å²) in [6.07, 6.45) is 0.430. The number of hydrogen-bond acceptors (Lipinski definition) is 1. The van der Waals surface area contributed by atoms with E-state index in [4.69, 9.17) is 16.4 Å². The Bertz CT molecular complexity index is 694. The fourth-order valence-electron chi connectivity index (χ4n) is 1.86. The Kier molecular flexibility index (Phi) is 0.686. The van der Waals surface area contributed by atoms with Crippen molar-refractivity contribution in [3.05, 3.63) is 34.9 Å². The predicted molar refractivity (Wildman–Crippen MR) is 65.0 cm³/mol. The van der Waals surface area contributed by atoms with E-state index in [-0.39, 0.29) is 11.1 Å². The summed E-state index contributed by atoms with van der Waals surface area (Å²) < 4.78 is 94.9. The van der Waals surface area contributed by atoms with Gasteiger partial charge in [0, 0.05) is 27.5 Å². The van der Waals surface area contributed by atoms with Crippen molar-refractivity contribution in [2.75, 3.05) is 0 Å². The summed E-state index contributed by atoms with van der Waals surface area (Å²) in [6.45, 7) is -11.2. The minimum absolute atomic E-state index is 0.325. The van der Waals surface area contributed by atoms with Crippen LogP contribution in [0.3, 0.4) is 0 Å². The molecule has 1 nitrogen and oxygen atoms in total. The van der Waals surface area contributed by atoms with E-state index in [9.17, 15) is 0 Å². The van der Waals surface area contributed by atoms with Crippen LogP contribution in [-0.4, -0.2) is 0 Å². The molecule has 15 heavy (non-hydrogen) atoms. The third kappa shape index (κ3) is 1.59. The van der Waals surface area contributed by atoms with E-state index in [1.807, 2.05) is 0 Å². The van der Waals surface area contributed by atoms with E-state index in [0.29, 0.717) is 12.0 Å². The Labute approximate surface area is 110 Å². The lowest BCUT2D eigenvalue weighted by Crippen LogP contribution is -2.39. The van der Waals surface area contributed by atoms with Crippen molar-refractivity contribution in [2.45, 2.75) is 51.8 Å².